The number of nitrogens with zero attached hydrogens (tertiary/aromatic N) is 3. The standard InChI is InChI=1S/C28H20Cl2N4O2/c1-3-36-22-13-8-18(14-23(22)35-2)24-21(15-31)26(16-4-9-19(29)10-5-16)32-28-25(24)27(33-34-28)17-6-11-20(30)12-7-17/h4-14H,3H2,1-2H3,(H,32,33,34). The second kappa shape index (κ2) is 9.90. The van der Waals surface area contributed by atoms with Crippen LogP contribution in [-0.2, 0) is 0 Å². The topological polar surface area (TPSA) is 83.8 Å². The molecule has 2 heterocycles. The van der Waals surface area contributed by atoms with Crippen LogP contribution in [0.25, 0.3) is 44.7 Å². The van der Waals surface area contributed by atoms with Crippen LogP contribution < -0.4 is 9.47 Å². The van der Waals surface area contributed by atoms with Gasteiger partial charge in [-0.25, -0.2) is 4.98 Å². The van der Waals surface area contributed by atoms with Gasteiger partial charge in [0.05, 0.1) is 36.1 Å². The first-order chi connectivity index (χ1) is 17.5. The van der Waals surface area contributed by atoms with Gasteiger partial charge in [0.2, 0.25) is 0 Å². The summed E-state index contributed by atoms with van der Waals surface area (Å²) in [6, 6.07) is 22.7. The number of pyridine rings is 1. The van der Waals surface area contributed by atoms with Crippen LogP contribution in [0.5, 0.6) is 11.5 Å². The van der Waals surface area contributed by atoms with Crippen LogP contribution in [0.3, 0.4) is 0 Å². The van der Waals surface area contributed by atoms with Gasteiger partial charge >= 0.3 is 0 Å². The number of ether oxygens (including phenoxy) is 2. The van der Waals surface area contributed by atoms with E-state index in [1.165, 1.54) is 0 Å². The Balaban J connectivity index is 1.86. The van der Waals surface area contributed by atoms with Crippen LogP contribution in [0.4, 0.5) is 0 Å². The van der Waals surface area contributed by atoms with Crippen molar-refractivity contribution in [1.82, 2.24) is 15.2 Å². The third-order valence-electron chi connectivity index (χ3n) is 5.82. The van der Waals surface area contributed by atoms with Crippen LogP contribution in [0.2, 0.25) is 10.0 Å². The van der Waals surface area contributed by atoms with E-state index in [0.29, 0.717) is 50.6 Å². The number of nitrogens with one attached hydrogen (secondary N) is 1. The maximum absolute atomic E-state index is 10.4. The molecule has 0 radical (unpaired) electrons. The van der Waals surface area contributed by atoms with E-state index in [9.17, 15) is 5.26 Å². The van der Waals surface area contributed by atoms with E-state index in [1.54, 1.807) is 19.2 Å². The zero-order valence-electron chi connectivity index (χ0n) is 19.5. The molecule has 6 nitrogen and oxygen atoms in total. The predicted octanol–water partition coefficient (Wildman–Crippen LogP) is 7.54. The molecular weight excluding hydrogens is 495 g/mol. The first kappa shape index (κ1) is 23.7. The molecule has 5 rings (SSSR count). The molecule has 0 atom stereocenters. The fourth-order valence-electron chi connectivity index (χ4n) is 4.19. The van der Waals surface area contributed by atoms with Gasteiger partial charge in [-0.3, -0.25) is 5.10 Å². The van der Waals surface area contributed by atoms with Crippen LogP contribution in [0.15, 0.2) is 66.7 Å². The molecule has 5 aromatic rings. The van der Waals surface area contributed by atoms with Crippen molar-refractivity contribution < 1.29 is 9.47 Å². The van der Waals surface area contributed by atoms with E-state index in [1.807, 2.05) is 61.5 Å². The Kier molecular flexibility index (Phi) is 6.51. The number of methoxy groups -OCH3 is 1. The van der Waals surface area contributed by atoms with E-state index in [-0.39, 0.29) is 0 Å². The molecule has 0 bridgehead atoms. The van der Waals surface area contributed by atoms with Crippen LogP contribution in [-0.4, -0.2) is 28.9 Å². The maximum atomic E-state index is 10.4. The summed E-state index contributed by atoms with van der Waals surface area (Å²) in [4.78, 5) is 4.80. The maximum Gasteiger partial charge on any atom is 0.182 e. The van der Waals surface area contributed by atoms with Crippen molar-refractivity contribution in [2.45, 2.75) is 6.92 Å². The second-order valence-corrected chi connectivity index (χ2v) is 8.80. The normalized spacial score (nSPS) is 10.9. The molecule has 8 heteroatoms. The summed E-state index contributed by atoms with van der Waals surface area (Å²) in [6.07, 6.45) is 0. The van der Waals surface area contributed by atoms with E-state index in [2.05, 4.69) is 16.3 Å². The number of hydrogen-bond acceptors (Lipinski definition) is 5. The molecule has 0 unspecified atom stereocenters. The molecule has 36 heavy (non-hydrogen) atoms. The highest BCUT2D eigenvalue weighted by molar-refractivity contribution is 6.31. The number of benzene rings is 3. The molecule has 1 N–H and O–H groups in total. The molecule has 0 fully saturated rings. The minimum absolute atomic E-state index is 0.410. The van der Waals surface area contributed by atoms with E-state index in [0.717, 1.165) is 27.8 Å². The number of fused-ring (bicyclic) bond motifs is 1. The van der Waals surface area contributed by atoms with Crippen molar-refractivity contribution in [3.63, 3.8) is 0 Å². The highest BCUT2D eigenvalue weighted by Crippen LogP contribution is 2.42. The fraction of sp³-hybridized carbons (Fsp3) is 0.107. The monoisotopic (exact) mass is 514 g/mol. The number of aromatic nitrogens is 3. The molecule has 0 amide bonds. The Labute approximate surface area is 218 Å². The van der Waals surface area contributed by atoms with E-state index in [4.69, 9.17) is 37.7 Å². The summed E-state index contributed by atoms with van der Waals surface area (Å²) >= 11 is 12.2. The van der Waals surface area contributed by atoms with Gasteiger partial charge in [-0.15, -0.1) is 0 Å². The summed E-state index contributed by atoms with van der Waals surface area (Å²) in [5.41, 5.74) is 5.21. The second-order valence-electron chi connectivity index (χ2n) is 7.93. The zero-order valence-corrected chi connectivity index (χ0v) is 21.0. The van der Waals surface area contributed by atoms with Crippen molar-refractivity contribution in [2.75, 3.05) is 13.7 Å². The fourth-order valence-corrected chi connectivity index (χ4v) is 4.44. The van der Waals surface area contributed by atoms with Crippen molar-refractivity contribution in [2.24, 2.45) is 0 Å². The minimum Gasteiger partial charge on any atom is -0.493 e. The van der Waals surface area contributed by atoms with Gasteiger partial charge in [-0.1, -0.05) is 53.5 Å². The summed E-state index contributed by atoms with van der Waals surface area (Å²) in [5, 5.41) is 20.0. The molecule has 0 aliphatic carbocycles. The lowest BCUT2D eigenvalue weighted by molar-refractivity contribution is 0.311. The van der Waals surface area contributed by atoms with Crippen LogP contribution >= 0.6 is 23.2 Å². The lowest BCUT2D eigenvalue weighted by atomic mass is 9.92. The summed E-state index contributed by atoms with van der Waals surface area (Å²) < 4.78 is 11.3. The number of halogens is 2. The van der Waals surface area contributed by atoms with Crippen molar-refractivity contribution in [1.29, 1.82) is 5.26 Å². The number of rotatable bonds is 6. The Morgan fingerprint density at radius 2 is 1.53 bits per heavy atom. The lowest BCUT2D eigenvalue weighted by Crippen LogP contribution is -1.98. The SMILES string of the molecule is CCOc1ccc(-c2c(C#N)c(-c3ccc(Cl)cc3)nc3n[nH]c(-c4ccc(Cl)cc4)c23)cc1OC. The van der Waals surface area contributed by atoms with Gasteiger partial charge in [0.25, 0.3) is 0 Å². The molecule has 0 saturated carbocycles. The summed E-state index contributed by atoms with van der Waals surface area (Å²) in [6.45, 7) is 2.41. The van der Waals surface area contributed by atoms with Gasteiger partial charge in [0.15, 0.2) is 17.1 Å². The van der Waals surface area contributed by atoms with Gasteiger partial charge in [0, 0.05) is 26.7 Å². The number of hydrogen-bond donors (Lipinski definition) is 1. The van der Waals surface area contributed by atoms with Crippen LogP contribution in [0, 0.1) is 11.3 Å². The highest BCUT2D eigenvalue weighted by atomic mass is 35.5. The number of nitriles is 1. The molecule has 2 aromatic heterocycles. The molecule has 0 saturated heterocycles. The van der Waals surface area contributed by atoms with Crippen molar-refractivity contribution in [3.05, 3.63) is 82.3 Å². The molecule has 0 spiro atoms. The average Bonchev–Trinajstić information content (AvgIpc) is 3.32. The van der Waals surface area contributed by atoms with Gasteiger partial charge in [-0.05, 0) is 48.9 Å². The quantitative estimate of drug-likeness (QED) is 0.253. The van der Waals surface area contributed by atoms with E-state index >= 15 is 0 Å². The number of H-pyrrole nitrogens is 1. The molecule has 3 aromatic carbocycles. The van der Waals surface area contributed by atoms with Crippen molar-refractivity contribution in [3.8, 4) is 51.2 Å². The Bertz CT molecular complexity index is 1600. The average molecular weight is 515 g/mol. The smallest absolute Gasteiger partial charge is 0.182 e. The lowest BCUT2D eigenvalue weighted by Gasteiger charge is -2.15. The summed E-state index contributed by atoms with van der Waals surface area (Å²) in [5.74, 6) is 1.18. The summed E-state index contributed by atoms with van der Waals surface area (Å²) in [7, 11) is 1.59. The zero-order chi connectivity index (χ0) is 25.2. The minimum atomic E-state index is 0.410. The Morgan fingerprint density at radius 1 is 0.889 bits per heavy atom. The third kappa shape index (κ3) is 4.24. The first-order valence-corrected chi connectivity index (χ1v) is 11.9. The van der Waals surface area contributed by atoms with Gasteiger partial charge < -0.3 is 9.47 Å². The molecular formula is C28H20Cl2N4O2. The Morgan fingerprint density at radius 3 is 2.14 bits per heavy atom. The van der Waals surface area contributed by atoms with Crippen molar-refractivity contribution >= 4 is 34.2 Å². The third-order valence-corrected chi connectivity index (χ3v) is 6.32. The predicted molar refractivity (Wildman–Crippen MR) is 143 cm³/mol. The highest BCUT2D eigenvalue weighted by Gasteiger charge is 2.24. The largest absolute Gasteiger partial charge is 0.493 e. The molecule has 178 valence electrons. The van der Waals surface area contributed by atoms with E-state index < -0.39 is 0 Å². The molecule has 0 aliphatic rings. The number of aromatic amines is 1. The van der Waals surface area contributed by atoms with Crippen LogP contribution in [0.1, 0.15) is 12.5 Å². The van der Waals surface area contributed by atoms with Gasteiger partial charge in [-0.2, -0.15) is 10.4 Å². The molecule has 0 aliphatic heterocycles. The first-order valence-electron chi connectivity index (χ1n) is 11.2. The Hall–Kier alpha value is -4.05. The van der Waals surface area contributed by atoms with Gasteiger partial charge in [0.1, 0.15) is 6.07 Å².